The molecule has 0 aromatic heterocycles. The maximum atomic E-state index is 9.70. The number of alkyl halides is 2. The average Bonchev–Trinajstić information content (AvgIpc) is 1.61. The van der Waals surface area contributed by atoms with Crippen LogP contribution in [0.2, 0.25) is 0 Å². The molecule has 0 aliphatic rings. The van der Waals surface area contributed by atoms with Crippen molar-refractivity contribution in [3.63, 3.8) is 0 Å². The Bertz CT molecular complexity index is 109. The number of rotatable bonds is 2. The van der Waals surface area contributed by atoms with Gasteiger partial charge < -0.3 is 5.11 Å². The first-order valence-corrected chi connectivity index (χ1v) is 2.69. The van der Waals surface area contributed by atoms with Gasteiger partial charge in [-0.3, -0.25) is 0 Å². The second-order valence-electron chi connectivity index (χ2n) is 1.03. The Morgan fingerprint density at radius 2 is 2.12 bits per heavy atom. The molecular weight excluding hydrogens is 151 g/mol. The van der Waals surface area contributed by atoms with Crippen molar-refractivity contribution in [2.75, 3.05) is 0 Å². The zero-order valence-corrected chi connectivity index (χ0v) is 5.36. The summed E-state index contributed by atoms with van der Waals surface area (Å²) < 4.78 is 0. The minimum absolute atomic E-state index is 0.730. The number of carboxylic acids is 1. The molecule has 0 aromatic carbocycles. The van der Waals surface area contributed by atoms with Crippen LogP contribution in [-0.2, 0) is 4.79 Å². The topological polar surface area (TPSA) is 37.3 Å². The molecule has 0 aliphatic heterocycles. The van der Waals surface area contributed by atoms with Gasteiger partial charge in [0.2, 0.25) is 0 Å². The Balaban J connectivity index is 3.50. The molecule has 0 spiro atoms. The van der Waals surface area contributed by atoms with Gasteiger partial charge in [0.05, 0.1) is 0 Å². The summed E-state index contributed by atoms with van der Waals surface area (Å²) in [6.45, 7) is 0. The third-order valence-electron chi connectivity index (χ3n) is 0.384. The Morgan fingerprint density at radius 1 is 1.62 bits per heavy atom. The van der Waals surface area contributed by atoms with Gasteiger partial charge >= 0.3 is 5.97 Å². The van der Waals surface area contributed by atoms with Crippen molar-refractivity contribution >= 4 is 29.2 Å². The van der Waals surface area contributed by atoms with Crippen molar-refractivity contribution < 1.29 is 9.90 Å². The molecule has 4 heteroatoms. The molecule has 0 aromatic rings. The van der Waals surface area contributed by atoms with Crippen LogP contribution >= 0.6 is 23.2 Å². The molecule has 1 N–H and O–H groups in total. The molecule has 0 saturated carbocycles. The summed E-state index contributed by atoms with van der Waals surface area (Å²) in [6.07, 6.45) is 2.07. The summed E-state index contributed by atoms with van der Waals surface area (Å²) >= 11 is 10.3. The minimum atomic E-state index is -1.05. The maximum Gasteiger partial charge on any atom is 0.328 e. The van der Waals surface area contributed by atoms with Gasteiger partial charge in [-0.15, -0.1) is 23.2 Å². The van der Waals surface area contributed by atoms with E-state index < -0.39 is 10.8 Å². The van der Waals surface area contributed by atoms with Crippen molar-refractivity contribution in [1.82, 2.24) is 0 Å². The van der Waals surface area contributed by atoms with E-state index in [1.807, 2.05) is 0 Å². The van der Waals surface area contributed by atoms with E-state index in [9.17, 15) is 4.79 Å². The number of halogens is 2. The monoisotopic (exact) mass is 154 g/mol. The molecule has 0 radical (unpaired) electrons. The van der Waals surface area contributed by atoms with Gasteiger partial charge in [-0.05, 0) is 6.08 Å². The molecule has 0 saturated heterocycles. The van der Waals surface area contributed by atoms with E-state index in [0.29, 0.717) is 0 Å². The molecule has 0 amide bonds. The summed E-state index contributed by atoms with van der Waals surface area (Å²) in [5.41, 5.74) is 0. The summed E-state index contributed by atoms with van der Waals surface area (Å²) in [5.74, 6) is -1.05. The highest BCUT2D eigenvalue weighted by Gasteiger charge is 1.90. The Hall–Kier alpha value is -0.210. The summed E-state index contributed by atoms with van der Waals surface area (Å²) in [7, 11) is 0. The molecule has 0 rings (SSSR count). The van der Waals surface area contributed by atoms with E-state index in [1.54, 1.807) is 0 Å². The van der Waals surface area contributed by atoms with Crippen LogP contribution in [0.4, 0.5) is 0 Å². The predicted molar refractivity (Wildman–Crippen MR) is 32.3 cm³/mol. The predicted octanol–water partition coefficient (Wildman–Crippen LogP) is 1.43. The lowest BCUT2D eigenvalue weighted by atomic mass is 10.5. The fourth-order valence-corrected chi connectivity index (χ4v) is 0.301. The minimum Gasteiger partial charge on any atom is -0.478 e. The molecule has 0 unspecified atom stereocenters. The zero-order valence-electron chi connectivity index (χ0n) is 3.84. The van der Waals surface area contributed by atoms with Crippen LogP contribution in [-0.4, -0.2) is 15.9 Å². The van der Waals surface area contributed by atoms with Crippen molar-refractivity contribution in [3.05, 3.63) is 12.2 Å². The Labute approximate surface area is 56.7 Å². The van der Waals surface area contributed by atoms with E-state index in [1.165, 1.54) is 6.08 Å². The zero-order chi connectivity index (χ0) is 6.57. The first-order chi connectivity index (χ1) is 3.63. The first-order valence-electron chi connectivity index (χ1n) is 1.82. The van der Waals surface area contributed by atoms with Crippen LogP contribution in [0.3, 0.4) is 0 Å². The lowest BCUT2D eigenvalue weighted by Crippen LogP contribution is -1.87. The number of carboxylic acid groups (broad SMARTS) is 1. The van der Waals surface area contributed by atoms with Crippen molar-refractivity contribution in [3.8, 4) is 0 Å². The maximum absolute atomic E-state index is 9.70. The lowest BCUT2D eigenvalue weighted by molar-refractivity contribution is -0.131. The van der Waals surface area contributed by atoms with Gasteiger partial charge in [0.15, 0.2) is 0 Å². The van der Waals surface area contributed by atoms with Gasteiger partial charge in [-0.2, -0.15) is 0 Å². The van der Waals surface area contributed by atoms with Crippen LogP contribution in [0.1, 0.15) is 0 Å². The molecular formula is C4H4Cl2O2. The number of allylic oxidation sites excluding steroid dienone is 1. The lowest BCUT2D eigenvalue weighted by Gasteiger charge is -1.83. The number of hydrogen-bond donors (Lipinski definition) is 1. The second kappa shape index (κ2) is 3.75. The van der Waals surface area contributed by atoms with Crippen molar-refractivity contribution in [2.24, 2.45) is 0 Å². The van der Waals surface area contributed by atoms with E-state index in [-0.39, 0.29) is 0 Å². The van der Waals surface area contributed by atoms with E-state index in [4.69, 9.17) is 28.3 Å². The van der Waals surface area contributed by atoms with Crippen LogP contribution in [0.25, 0.3) is 0 Å². The summed E-state index contributed by atoms with van der Waals surface area (Å²) in [5, 5.41) is 7.96. The van der Waals surface area contributed by atoms with Crippen LogP contribution in [0.5, 0.6) is 0 Å². The third kappa shape index (κ3) is 5.79. The average molecular weight is 155 g/mol. The first kappa shape index (κ1) is 7.79. The summed E-state index contributed by atoms with van der Waals surface area (Å²) in [4.78, 5) is 8.97. The Morgan fingerprint density at radius 3 is 2.25 bits per heavy atom. The van der Waals surface area contributed by atoms with Crippen LogP contribution < -0.4 is 0 Å². The van der Waals surface area contributed by atoms with Crippen LogP contribution in [0.15, 0.2) is 12.2 Å². The normalized spacial score (nSPS) is 10.9. The fraction of sp³-hybridized carbons (Fsp3) is 0.250. The molecule has 0 atom stereocenters. The highest BCUT2D eigenvalue weighted by Crippen LogP contribution is 2.01. The number of carbonyl (C=O) groups is 1. The smallest absolute Gasteiger partial charge is 0.328 e. The number of aliphatic carboxylic acids is 1. The van der Waals surface area contributed by atoms with Crippen LogP contribution in [0, 0.1) is 0 Å². The molecule has 0 aliphatic carbocycles. The second-order valence-corrected chi connectivity index (χ2v) is 2.20. The molecule has 46 valence electrons. The molecule has 0 heterocycles. The van der Waals surface area contributed by atoms with E-state index >= 15 is 0 Å². The van der Waals surface area contributed by atoms with Gasteiger partial charge in [0, 0.05) is 6.08 Å². The highest BCUT2D eigenvalue weighted by atomic mass is 35.5. The summed E-state index contributed by atoms with van der Waals surface area (Å²) in [6, 6.07) is 0. The SMILES string of the molecule is O=C(O)/C=C/C(Cl)Cl. The van der Waals surface area contributed by atoms with Gasteiger partial charge in [0.1, 0.15) is 4.84 Å². The molecule has 8 heavy (non-hydrogen) atoms. The molecule has 0 fully saturated rings. The van der Waals surface area contributed by atoms with E-state index in [0.717, 1.165) is 6.08 Å². The third-order valence-corrected chi connectivity index (χ3v) is 0.675. The number of hydrogen-bond acceptors (Lipinski definition) is 1. The quantitative estimate of drug-likeness (QED) is 0.483. The Kier molecular flexibility index (Phi) is 3.65. The molecule has 0 bridgehead atoms. The van der Waals surface area contributed by atoms with Crippen molar-refractivity contribution in [2.45, 2.75) is 4.84 Å². The molecule has 2 nitrogen and oxygen atoms in total. The highest BCUT2D eigenvalue weighted by molar-refractivity contribution is 6.45. The van der Waals surface area contributed by atoms with Gasteiger partial charge in [-0.1, -0.05) is 0 Å². The fourth-order valence-electron chi connectivity index (χ4n) is 0.155. The van der Waals surface area contributed by atoms with E-state index in [2.05, 4.69) is 0 Å². The van der Waals surface area contributed by atoms with Gasteiger partial charge in [0.25, 0.3) is 0 Å². The standard InChI is InChI=1S/C4H4Cl2O2/c5-3(6)1-2-4(7)8/h1-3H,(H,7,8)/b2-1+. The van der Waals surface area contributed by atoms with Crippen molar-refractivity contribution in [1.29, 1.82) is 0 Å². The van der Waals surface area contributed by atoms with Gasteiger partial charge in [-0.25, -0.2) is 4.79 Å². The largest absolute Gasteiger partial charge is 0.478 e.